The van der Waals surface area contributed by atoms with Crippen LogP contribution in [0, 0.1) is 5.92 Å². The first-order valence-electron chi connectivity index (χ1n) is 4.90. The summed E-state index contributed by atoms with van der Waals surface area (Å²) in [6.45, 7) is 5.95. The van der Waals surface area contributed by atoms with Crippen LogP contribution in [0.2, 0.25) is 0 Å². The Morgan fingerprint density at radius 1 is 1.50 bits per heavy atom. The van der Waals surface area contributed by atoms with E-state index in [0.29, 0.717) is 0 Å². The zero-order valence-electron chi connectivity index (χ0n) is 9.12. The predicted molar refractivity (Wildman–Crippen MR) is 61.7 cm³/mol. The van der Waals surface area contributed by atoms with E-state index in [9.17, 15) is 4.79 Å². The second kappa shape index (κ2) is 7.09. The first-order valence-corrected chi connectivity index (χ1v) is 5.95. The Morgan fingerprint density at radius 2 is 2.07 bits per heavy atom. The van der Waals surface area contributed by atoms with E-state index in [4.69, 9.17) is 11.6 Å². The largest absolute Gasteiger partial charge is 0.327 e. The minimum Gasteiger partial charge on any atom is -0.327 e. The zero-order valence-corrected chi connectivity index (χ0v) is 9.93. The fourth-order valence-electron chi connectivity index (χ4n) is 0.882. The lowest BCUT2D eigenvalue weighted by molar-refractivity contribution is -0.124. The second-order valence-corrected chi connectivity index (χ2v) is 4.91. The Kier molecular flexibility index (Phi) is 6.96. The predicted octanol–water partition coefficient (Wildman–Crippen LogP) is 0.471. The summed E-state index contributed by atoms with van der Waals surface area (Å²) in [6.07, 6.45) is 0.969. The Morgan fingerprint density at radius 3 is 2.50 bits per heavy atom. The lowest BCUT2D eigenvalue weighted by Gasteiger charge is -2.19. The van der Waals surface area contributed by atoms with Gasteiger partial charge in [0, 0.05) is 23.0 Å². The molecule has 0 aliphatic rings. The van der Waals surface area contributed by atoms with Crippen molar-refractivity contribution in [2.24, 2.45) is 17.5 Å². The number of rotatable bonds is 6. The van der Waals surface area contributed by atoms with Gasteiger partial charge in [-0.05, 0) is 6.42 Å². The zero-order chi connectivity index (χ0) is 11.1. The summed E-state index contributed by atoms with van der Waals surface area (Å²) in [5, 5.41) is 0.246. The summed E-state index contributed by atoms with van der Waals surface area (Å²) in [4.78, 5) is 11.2. The minimum absolute atomic E-state index is 0.0749. The van der Waals surface area contributed by atoms with Gasteiger partial charge in [0.25, 0.3) is 0 Å². The van der Waals surface area contributed by atoms with Gasteiger partial charge in [-0.25, -0.2) is 5.84 Å². The summed E-state index contributed by atoms with van der Waals surface area (Å²) in [5.74, 6) is 5.76. The molecular weight excluding hydrogens is 198 g/mol. The topological polar surface area (TPSA) is 81.1 Å². The third kappa shape index (κ3) is 4.83. The molecule has 0 aliphatic carbocycles. The van der Waals surface area contributed by atoms with Gasteiger partial charge in [0.05, 0.1) is 0 Å². The van der Waals surface area contributed by atoms with Crippen molar-refractivity contribution in [2.75, 3.05) is 5.75 Å². The van der Waals surface area contributed by atoms with Crippen molar-refractivity contribution in [1.82, 2.24) is 5.43 Å². The van der Waals surface area contributed by atoms with Crippen LogP contribution in [0.4, 0.5) is 0 Å². The average molecular weight is 219 g/mol. The summed E-state index contributed by atoms with van der Waals surface area (Å²) in [5.41, 5.74) is 7.95. The van der Waals surface area contributed by atoms with Gasteiger partial charge in [0.1, 0.15) is 0 Å². The van der Waals surface area contributed by atoms with Crippen LogP contribution >= 0.6 is 11.8 Å². The Balaban J connectivity index is 3.83. The fraction of sp³-hybridized carbons (Fsp3) is 0.889. The number of hydrogen-bond acceptors (Lipinski definition) is 4. The number of thioether (sulfide) groups is 1. The van der Waals surface area contributed by atoms with Crippen LogP contribution in [-0.2, 0) is 4.79 Å². The lowest BCUT2D eigenvalue weighted by Crippen LogP contribution is -2.38. The molecule has 0 aliphatic heterocycles. The van der Waals surface area contributed by atoms with Crippen LogP contribution in [0.1, 0.15) is 27.2 Å². The molecule has 0 fully saturated rings. The number of carbonyl (C=O) groups excluding carboxylic acids is 1. The average Bonchev–Trinajstić information content (AvgIpc) is 2.22. The minimum atomic E-state index is -0.116. The fourth-order valence-corrected chi connectivity index (χ4v) is 2.08. The van der Waals surface area contributed by atoms with E-state index in [2.05, 4.69) is 12.3 Å². The molecule has 0 radical (unpaired) electrons. The molecule has 0 heterocycles. The van der Waals surface area contributed by atoms with Gasteiger partial charge in [0.15, 0.2) is 0 Å². The molecule has 4 nitrogen and oxygen atoms in total. The van der Waals surface area contributed by atoms with E-state index in [1.54, 1.807) is 11.8 Å². The highest BCUT2D eigenvalue weighted by molar-refractivity contribution is 7.99. The smallest absolute Gasteiger partial charge is 0.237 e. The molecule has 0 bridgehead atoms. The van der Waals surface area contributed by atoms with E-state index in [1.165, 1.54) is 0 Å². The van der Waals surface area contributed by atoms with Gasteiger partial charge in [-0.3, -0.25) is 10.2 Å². The molecule has 14 heavy (non-hydrogen) atoms. The number of nitrogens with one attached hydrogen (secondary N) is 1. The molecule has 0 aromatic heterocycles. The number of amides is 1. The van der Waals surface area contributed by atoms with Crippen molar-refractivity contribution in [3.8, 4) is 0 Å². The molecule has 0 saturated carbocycles. The first-order chi connectivity index (χ1) is 6.52. The molecule has 84 valence electrons. The summed E-state index contributed by atoms with van der Waals surface area (Å²) in [6, 6.07) is 0.218. The van der Waals surface area contributed by atoms with Crippen molar-refractivity contribution in [3.63, 3.8) is 0 Å². The lowest BCUT2D eigenvalue weighted by atomic mass is 10.1. The molecule has 0 saturated heterocycles. The normalized spacial score (nSPS) is 17.2. The highest BCUT2D eigenvalue weighted by atomic mass is 32.2. The van der Waals surface area contributed by atoms with Crippen molar-refractivity contribution in [2.45, 2.75) is 38.5 Å². The highest BCUT2D eigenvalue weighted by Gasteiger charge is 2.19. The van der Waals surface area contributed by atoms with Crippen molar-refractivity contribution < 1.29 is 4.79 Å². The van der Waals surface area contributed by atoms with Gasteiger partial charge < -0.3 is 5.73 Å². The second-order valence-electron chi connectivity index (χ2n) is 3.50. The maximum atomic E-state index is 11.2. The number of hydrogen-bond donors (Lipinski definition) is 3. The monoisotopic (exact) mass is 219 g/mol. The van der Waals surface area contributed by atoms with E-state index in [0.717, 1.165) is 12.2 Å². The molecular formula is C9H21N3OS. The van der Waals surface area contributed by atoms with Crippen LogP contribution in [0.3, 0.4) is 0 Å². The van der Waals surface area contributed by atoms with Gasteiger partial charge in [-0.1, -0.05) is 20.8 Å². The Bertz CT molecular complexity index is 177. The van der Waals surface area contributed by atoms with Crippen LogP contribution in [0.5, 0.6) is 0 Å². The summed E-state index contributed by atoms with van der Waals surface area (Å²) >= 11 is 1.72. The number of carbonyl (C=O) groups is 1. The molecule has 5 heteroatoms. The molecule has 0 aromatic carbocycles. The van der Waals surface area contributed by atoms with Crippen molar-refractivity contribution >= 4 is 17.7 Å². The van der Waals surface area contributed by atoms with Crippen LogP contribution in [0.15, 0.2) is 0 Å². The maximum absolute atomic E-state index is 11.2. The summed E-state index contributed by atoms with van der Waals surface area (Å²) in [7, 11) is 0. The van der Waals surface area contributed by atoms with E-state index in [1.807, 2.05) is 13.8 Å². The molecule has 3 atom stereocenters. The van der Waals surface area contributed by atoms with E-state index in [-0.39, 0.29) is 23.1 Å². The molecule has 0 rings (SSSR count). The highest BCUT2D eigenvalue weighted by Crippen LogP contribution is 2.20. The van der Waals surface area contributed by atoms with E-state index < -0.39 is 0 Å². The number of hydrazine groups is 1. The first kappa shape index (κ1) is 13.7. The number of nitrogens with two attached hydrogens (primary N) is 2. The molecule has 1 amide bonds. The molecule has 0 aromatic rings. The van der Waals surface area contributed by atoms with E-state index >= 15 is 0 Å². The SMILES string of the molecule is CCC(N)CSC(C)C(C)C(=O)NN. The molecule has 3 unspecified atom stereocenters. The quantitative estimate of drug-likeness (QED) is 0.345. The third-order valence-electron chi connectivity index (χ3n) is 2.36. The Labute approximate surface area is 90.1 Å². The van der Waals surface area contributed by atoms with Crippen LogP contribution in [-0.4, -0.2) is 23.0 Å². The standard InChI is InChI=1S/C9H21N3OS/c1-4-8(10)5-14-7(3)6(2)9(13)12-11/h6-8H,4-5,10-11H2,1-3H3,(H,12,13). The third-order valence-corrected chi connectivity index (χ3v) is 3.91. The van der Waals surface area contributed by atoms with Gasteiger partial charge >= 0.3 is 0 Å². The van der Waals surface area contributed by atoms with Crippen molar-refractivity contribution in [1.29, 1.82) is 0 Å². The van der Waals surface area contributed by atoms with Gasteiger partial charge in [-0.15, -0.1) is 0 Å². The Hall–Kier alpha value is -0.260. The van der Waals surface area contributed by atoms with Crippen molar-refractivity contribution in [3.05, 3.63) is 0 Å². The maximum Gasteiger partial charge on any atom is 0.237 e. The van der Waals surface area contributed by atoms with Crippen LogP contribution in [0.25, 0.3) is 0 Å². The van der Waals surface area contributed by atoms with Gasteiger partial charge in [-0.2, -0.15) is 11.8 Å². The molecule has 0 spiro atoms. The summed E-state index contributed by atoms with van der Waals surface area (Å²) < 4.78 is 0. The molecule has 5 N–H and O–H groups in total. The van der Waals surface area contributed by atoms with Gasteiger partial charge in [0.2, 0.25) is 5.91 Å². The van der Waals surface area contributed by atoms with Crippen LogP contribution < -0.4 is 17.0 Å².